The van der Waals surface area contributed by atoms with E-state index in [-0.39, 0.29) is 0 Å². The molecule has 0 saturated heterocycles. The van der Waals surface area contributed by atoms with Crippen LogP contribution in [0.3, 0.4) is 0 Å². The number of nitrogens with zero attached hydrogens (tertiary/aromatic N) is 2. The molecule has 1 heterocycles. The fourth-order valence-corrected chi connectivity index (χ4v) is 3.77. The third kappa shape index (κ3) is 3.41. The summed E-state index contributed by atoms with van der Waals surface area (Å²) in [4.78, 5) is 9.00. The van der Waals surface area contributed by atoms with Gasteiger partial charge in [0.05, 0.1) is 5.69 Å². The van der Waals surface area contributed by atoms with Crippen molar-refractivity contribution in [3.63, 3.8) is 0 Å². The maximum Gasteiger partial charge on any atom is 0.209 e. The molecule has 1 fully saturated rings. The molecular weight excluding hydrogens is 276 g/mol. The van der Waals surface area contributed by atoms with Gasteiger partial charge in [0.25, 0.3) is 0 Å². The van der Waals surface area contributed by atoms with Crippen LogP contribution in [0.1, 0.15) is 50.0 Å². The summed E-state index contributed by atoms with van der Waals surface area (Å²) in [6.45, 7) is 3.77. The molecular formula is C18H21N2S. The van der Waals surface area contributed by atoms with E-state index in [4.69, 9.17) is 0 Å². The third-order valence-electron chi connectivity index (χ3n) is 4.10. The van der Waals surface area contributed by atoms with Gasteiger partial charge in [0, 0.05) is 17.2 Å². The predicted octanol–water partition coefficient (Wildman–Crippen LogP) is 5.78. The van der Waals surface area contributed by atoms with Crippen molar-refractivity contribution in [1.82, 2.24) is 4.98 Å². The molecule has 0 bridgehead atoms. The van der Waals surface area contributed by atoms with Crippen molar-refractivity contribution in [3.05, 3.63) is 42.1 Å². The largest absolute Gasteiger partial charge is 0.232 e. The molecule has 1 saturated carbocycles. The molecule has 1 aliphatic rings. The molecule has 3 heteroatoms. The van der Waals surface area contributed by atoms with Crippen LogP contribution < -0.4 is 0 Å². The third-order valence-corrected chi connectivity index (χ3v) is 4.85. The second-order valence-electron chi connectivity index (χ2n) is 5.54. The minimum Gasteiger partial charge on any atom is -0.232 e. The van der Waals surface area contributed by atoms with Crippen LogP contribution in [0.15, 0.2) is 34.6 Å². The summed E-state index contributed by atoms with van der Waals surface area (Å²) in [5.41, 5.74) is 3.82. The van der Waals surface area contributed by atoms with E-state index in [9.17, 15) is 0 Å². The van der Waals surface area contributed by atoms with E-state index in [0.717, 1.165) is 10.8 Å². The van der Waals surface area contributed by atoms with Gasteiger partial charge >= 0.3 is 0 Å². The Morgan fingerprint density at radius 2 is 2.05 bits per heavy atom. The summed E-state index contributed by atoms with van der Waals surface area (Å²) in [6, 6.07) is 8.75. The molecule has 2 aromatic rings. The second-order valence-corrected chi connectivity index (χ2v) is 6.37. The Balaban J connectivity index is 1.91. The Hall–Kier alpha value is -1.48. The topological polar surface area (TPSA) is 25.2 Å². The average Bonchev–Trinajstić information content (AvgIpc) is 3.02. The normalized spacial score (nSPS) is 16.6. The molecule has 1 aliphatic carbocycles. The summed E-state index contributed by atoms with van der Waals surface area (Å²) < 4.78 is 0. The summed E-state index contributed by atoms with van der Waals surface area (Å²) in [5.74, 6) is 0.698. The SMILES string of the molecule is [CH2]CC=Nc1nc(-c2ccccc2C2CCCCC2)cs1. The van der Waals surface area contributed by atoms with E-state index < -0.39 is 0 Å². The quantitative estimate of drug-likeness (QED) is 0.656. The standard InChI is InChI=1S/C18H21N2S/c1-2-12-19-18-20-17(13-21-18)16-11-7-6-10-15(16)14-8-4-3-5-9-14/h6-7,10-14H,1-5,8-9H2. The van der Waals surface area contributed by atoms with Gasteiger partial charge in [-0.25, -0.2) is 9.98 Å². The molecule has 0 unspecified atom stereocenters. The summed E-state index contributed by atoms with van der Waals surface area (Å²) in [6.07, 6.45) is 9.24. The van der Waals surface area contributed by atoms with Gasteiger partial charge in [-0.05, 0) is 37.7 Å². The van der Waals surface area contributed by atoms with Crippen molar-refractivity contribution in [2.24, 2.45) is 4.99 Å². The zero-order valence-electron chi connectivity index (χ0n) is 12.3. The fraction of sp³-hybridized carbons (Fsp3) is 0.389. The van der Waals surface area contributed by atoms with Gasteiger partial charge in [0.2, 0.25) is 5.13 Å². The fourth-order valence-electron chi connectivity index (χ4n) is 3.09. The molecule has 21 heavy (non-hydrogen) atoms. The zero-order valence-corrected chi connectivity index (χ0v) is 13.1. The van der Waals surface area contributed by atoms with Gasteiger partial charge in [-0.1, -0.05) is 43.5 Å². The lowest BCUT2D eigenvalue weighted by molar-refractivity contribution is 0.444. The van der Waals surface area contributed by atoms with E-state index >= 15 is 0 Å². The van der Waals surface area contributed by atoms with Crippen molar-refractivity contribution >= 4 is 22.7 Å². The number of aromatic nitrogens is 1. The number of hydrogen-bond donors (Lipinski definition) is 0. The smallest absolute Gasteiger partial charge is 0.209 e. The van der Waals surface area contributed by atoms with E-state index in [1.165, 1.54) is 43.2 Å². The Morgan fingerprint density at radius 1 is 1.24 bits per heavy atom. The summed E-state index contributed by atoms with van der Waals surface area (Å²) >= 11 is 1.60. The van der Waals surface area contributed by atoms with Gasteiger partial charge < -0.3 is 0 Å². The minimum atomic E-state index is 0.698. The number of hydrogen-bond acceptors (Lipinski definition) is 3. The van der Waals surface area contributed by atoms with Crippen molar-refractivity contribution < 1.29 is 0 Å². The van der Waals surface area contributed by atoms with Gasteiger partial charge in [-0.2, -0.15) is 0 Å². The van der Waals surface area contributed by atoms with Crippen LogP contribution in [0.2, 0.25) is 0 Å². The minimum absolute atomic E-state index is 0.698. The first-order valence-corrected chi connectivity index (χ1v) is 8.63. The molecule has 1 radical (unpaired) electrons. The van der Waals surface area contributed by atoms with Crippen LogP contribution in [0.4, 0.5) is 5.13 Å². The maximum atomic E-state index is 4.67. The highest BCUT2D eigenvalue weighted by Gasteiger charge is 2.19. The molecule has 0 atom stereocenters. The van der Waals surface area contributed by atoms with Crippen molar-refractivity contribution in [2.45, 2.75) is 44.4 Å². The van der Waals surface area contributed by atoms with E-state index in [1.54, 1.807) is 11.3 Å². The number of thiazole rings is 1. The van der Waals surface area contributed by atoms with Crippen molar-refractivity contribution in [2.75, 3.05) is 0 Å². The van der Waals surface area contributed by atoms with Gasteiger partial charge in [-0.15, -0.1) is 11.3 Å². The first-order valence-electron chi connectivity index (χ1n) is 7.75. The predicted molar refractivity (Wildman–Crippen MR) is 91.5 cm³/mol. The Morgan fingerprint density at radius 3 is 2.86 bits per heavy atom. The number of aliphatic imine (C=N–C) groups is 1. The summed E-state index contributed by atoms with van der Waals surface area (Å²) in [7, 11) is 0. The van der Waals surface area contributed by atoms with Crippen LogP contribution >= 0.6 is 11.3 Å². The van der Waals surface area contributed by atoms with Crippen LogP contribution in [0.5, 0.6) is 0 Å². The molecule has 2 nitrogen and oxygen atoms in total. The van der Waals surface area contributed by atoms with Crippen LogP contribution in [0.25, 0.3) is 11.3 Å². The lowest BCUT2D eigenvalue weighted by atomic mass is 9.82. The molecule has 0 spiro atoms. The van der Waals surface area contributed by atoms with Crippen LogP contribution in [-0.2, 0) is 0 Å². The molecule has 0 N–H and O–H groups in total. The molecule has 0 amide bonds. The van der Waals surface area contributed by atoms with Crippen LogP contribution in [-0.4, -0.2) is 11.2 Å². The number of benzene rings is 1. The second kappa shape index (κ2) is 6.99. The molecule has 1 aromatic carbocycles. The maximum absolute atomic E-state index is 4.67. The Labute approximate surface area is 131 Å². The van der Waals surface area contributed by atoms with Crippen LogP contribution in [0, 0.1) is 6.92 Å². The van der Waals surface area contributed by atoms with Gasteiger partial charge in [0.1, 0.15) is 0 Å². The van der Waals surface area contributed by atoms with Gasteiger partial charge in [-0.3, -0.25) is 0 Å². The molecule has 109 valence electrons. The highest BCUT2D eigenvalue weighted by molar-refractivity contribution is 7.13. The van der Waals surface area contributed by atoms with Crippen molar-refractivity contribution in [3.8, 4) is 11.3 Å². The monoisotopic (exact) mass is 297 g/mol. The number of rotatable bonds is 4. The highest BCUT2D eigenvalue weighted by atomic mass is 32.1. The first kappa shape index (κ1) is 14.5. The van der Waals surface area contributed by atoms with Crippen molar-refractivity contribution in [1.29, 1.82) is 0 Å². The Kier molecular flexibility index (Phi) is 4.81. The Bertz CT molecular complexity index is 609. The van der Waals surface area contributed by atoms with E-state index in [2.05, 4.69) is 46.5 Å². The lowest BCUT2D eigenvalue weighted by Gasteiger charge is -2.23. The highest BCUT2D eigenvalue weighted by Crippen LogP contribution is 2.38. The molecule has 3 rings (SSSR count). The average molecular weight is 297 g/mol. The van der Waals surface area contributed by atoms with E-state index in [1.807, 2.05) is 6.21 Å². The van der Waals surface area contributed by atoms with Gasteiger partial charge in [0.15, 0.2) is 0 Å². The van der Waals surface area contributed by atoms with E-state index in [0.29, 0.717) is 12.3 Å². The first-order chi connectivity index (χ1) is 10.4. The summed E-state index contributed by atoms with van der Waals surface area (Å²) in [5, 5.41) is 2.95. The zero-order chi connectivity index (χ0) is 14.5. The molecule has 1 aromatic heterocycles. The lowest BCUT2D eigenvalue weighted by Crippen LogP contribution is -2.05. The molecule has 0 aliphatic heterocycles.